The molecule has 6 rings (SSSR count). The van der Waals surface area contributed by atoms with Crippen molar-refractivity contribution in [3.8, 4) is 5.75 Å². The van der Waals surface area contributed by atoms with Gasteiger partial charge in [-0.1, -0.05) is 43.5 Å². The van der Waals surface area contributed by atoms with Crippen LogP contribution in [-0.4, -0.2) is 54.2 Å². The Morgan fingerprint density at radius 3 is 2.53 bits per heavy atom. The lowest BCUT2D eigenvalue weighted by Crippen LogP contribution is -2.46. The predicted molar refractivity (Wildman–Crippen MR) is 138 cm³/mol. The molecule has 1 aliphatic carbocycles. The number of fused-ring (bicyclic) bond motifs is 3. The van der Waals surface area contributed by atoms with E-state index in [1.807, 2.05) is 6.20 Å². The molecule has 34 heavy (non-hydrogen) atoms. The van der Waals surface area contributed by atoms with Gasteiger partial charge < -0.3 is 9.64 Å². The molecule has 0 atom stereocenters. The Balaban J connectivity index is 1.18. The van der Waals surface area contributed by atoms with Crippen LogP contribution in [0.2, 0.25) is 0 Å². The number of hydrogen-bond acceptors (Lipinski definition) is 5. The van der Waals surface area contributed by atoms with Crippen LogP contribution in [0.15, 0.2) is 54.7 Å². The summed E-state index contributed by atoms with van der Waals surface area (Å²) in [6.07, 6.45) is 8.86. The highest BCUT2D eigenvalue weighted by Gasteiger charge is 2.26. The van der Waals surface area contributed by atoms with E-state index >= 15 is 0 Å². The fraction of sp³-hybridized carbons (Fsp3) is 0.483. The summed E-state index contributed by atoms with van der Waals surface area (Å²) in [6, 6.07) is 17.5. The topological polar surface area (TPSA) is 31.8 Å². The van der Waals surface area contributed by atoms with Crippen LogP contribution in [0.3, 0.4) is 0 Å². The van der Waals surface area contributed by atoms with E-state index in [4.69, 9.17) is 9.72 Å². The maximum atomic E-state index is 6.34. The van der Waals surface area contributed by atoms with Gasteiger partial charge in [-0.25, -0.2) is 0 Å². The highest BCUT2D eigenvalue weighted by atomic mass is 16.5. The van der Waals surface area contributed by atoms with Crippen LogP contribution in [0.1, 0.15) is 43.2 Å². The molecule has 3 aromatic rings. The zero-order valence-electron chi connectivity index (χ0n) is 20.2. The molecule has 0 amide bonds. The Bertz CT molecular complexity index is 1100. The van der Waals surface area contributed by atoms with Crippen molar-refractivity contribution in [3.63, 3.8) is 0 Å². The summed E-state index contributed by atoms with van der Waals surface area (Å²) in [4.78, 5) is 12.4. The third kappa shape index (κ3) is 4.64. The first-order valence-corrected chi connectivity index (χ1v) is 13.1. The third-order valence-corrected chi connectivity index (χ3v) is 7.92. The summed E-state index contributed by atoms with van der Waals surface area (Å²) in [5, 5.41) is 1.24. The van der Waals surface area contributed by atoms with Gasteiger partial charge in [-0.3, -0.25) is 14.8 Å². The summed E-state index contributed by atoms with van der Waals surface area (Å²) in [7, 11) is 0. The van der Waals surface area contributed by atoms with E-state index in [1.54, 1.807) is 0 Å². The lowest BCUT2D eigenvalue weighted by molar-refractivity contribution is 0.0740. The molecule has 0 radical (unpaired) electrons. The fourth-order valence-corrected chi connectivity index (χ4v) is 6.10. The van der Waals surface area contributed by atoms with Crippen molar-refractivity contribution in [2.24, 2.45) is 5.92 Å². The summed E-state index contributed by atoms with van der Waals surface area (Å²) in [5.74, 6) is 1.84. The Kier molecular flexibility index (Phi) is 6.39. The average molecular weight is 457 g/mol. The Morgan fingerprint density at radius 1 is 0.882 bits per heavy atom. The molecule has 2 fully saturated rings. The highest BCUT2D eigenvalue weighted by Crippen LogP contribution is 2.36. The van der Waals surface area contributed by atoms with Gasteiger partial charge >= 0.3 is 0 Å². The minimum absolute atomic E-state index is 0.690. The number of hydrogen-bond donors (Lipinski definition) is 0. The van der Waals surface area contributed by atoms with Crippen LogP contribution < -0.4 is 9.64 Å². The molecule has 2 aromatic carbocycles. The van der Waals surface area contributed by atoms with Crippen LogP contribution in [0.4, 0.5) is 5.69 Å². The van der Waals surface area contributed by atoms with Crippen LogP contribution >= 0.6 is 0 Å². The monoisotopic (exact) mass is 456 g/mol. The third-order valence-electron chi connectivity index (χ3n) is 7.92. The molecule has 1 saturated carbocycles. The maximum absolute atomic E-state index is 6.34. The standard InChI is InChI=1S/C29H36N4O/c1-3-8-23(9-4-1)19-32-21-25-18-24(27-12-7-13-30-28(27)29(25)34-22-32)20-31-14-16-33(17-15-31)26-10-5-2-6-11-26/h2,5-7,10-13,18,23H,1,3-4,8-9,14-17,19-22H2. The molecule has 3 aliphatic rings. The van der Waals surface area contributed by atoms with Crippen molar-refractivity contribution in [1.29, 1.82) is 0 Å². The summed E-state index contributed by atoms with van der Waals surface area (Å²) < 4.78 is 6.34. The average Bonchev–Trinajstić information content (AvgIpc) is 2.90. The second-order valence-electron chi connectivity index (χ2n) is 10.3. The first kappa shape index (κ1) is 21.9. The van der Waals surface area contributed by atoms with Gasteiger partial charge in [0.05, 0.1) is 0 Å². The molecule has 0 bridgehead atoms. The van der Waals surface area contributed by atoms with E-state index in [2.05, 4.69) is 63.2 Å². The van der Waals surface area contributed by atoms with Crippen molar-refractivity contribution in [1.82, 2.24) is 14.8 Å². The largest absolute Gasteiger partial charge is 0.475 e. The SMILES string of the molecule is c1ccc(N2CCN(Cc3cc4c(c5ncccc35)OCN(CC3CCCCC3)C4)CC2)cc1. The molecule has 0 unspecified atom stereocenters. The second-order valence-corrected chi connectivity index (χ2v) is 10.3. The molecule has 2 aliphatic heterocycles. The van der Waals surface area contributed by atoms with Gasteiger partial charge in [-0.05, 0) is 48.6 Å². The van der Waals surface area contributed by atoms with Gasteiger partial charge in [0.2, 0.25) is 0 Å². The Morgan fingerprint density at radius 2 is 1.71 bits per heavy atom. The van der Waals surface area contributed by atoms with Crippen LogP contribution in [-0.2, 0) is 13.1 Å². The van der Waals surface area contributed by atoms with Crippen molar-refractivity contribution in [2.45, 2.75) is 45.2 Å². The maximum Gasteiger partial charge on any atom is 0.152 e. The number of aromatic nitrogens is 1. The van der Waals surface area contributed by atoms with Crippen LogP contribution in [0.5, 0.6) is 5.75 Å². The number of nitrogens with zero attached hydrogens (tertiary/aromatic N) is 4. The lowest BCUT2D eigenvalue weighted by Gasteiger charge is -2.37. The van der Waals surface area contributed by atoms with E-state index in [1.165, 1.54) is 54.3 Å². The van der Waals surface area contributed by atoms with Crippen LogP contribution in [0.25, 0.3) is 10.9 Å². The van der Waals surface area contributed by atoms with Gasteiger partial charge in [0.25, 0.3) is 0 Å². The van der Waals surface area contributed by atoms with Gasteiger partial charge in [-0.2, -0.15) is 0 Å². The second kappa shape index (κ2) is 9.93. The number of para-hydroxylation sites is 1. The number of rotatable bonds is 5. The normalized spacial score (nSPS) is 20.3. The highest BCUT2D eigenvalue weighted by molar-refractivity contribution is 5.89. The summed E-state index contributed by atoms with van der Waals surface area (Å²) in [6.45, 7) is 8.11. The minimum atomic E-state index is 0.690. The van der Waals surface area contributed by atoms with E-state index in [0.717, 1.165) is 63.0 Å². The Hall–Kier alpha value is -2.63. The van der Waals surface area contributed by atoms with Crippen molar-refractivity contribution >= 4 is 16.6 Å². The minimum Gasteiger partial charge on any atom is -0.475 e. The van der Waals surface area contributed by atoms with E-state index < -0.39 is 0 Å². The number of ether oxygens (including phenoxy) is 1. The molecule has 3 heterocycles. The number of piperazine rings is 1. The first-order chi connectivity index (χ1) is 16.8. The molecular formula is C29H36N4O. The van der Waals surface area contributed by atoms with Gasteiger partial charge in [0, 0.05) is 68.6 Å². The predicted octanol–water partition coefficient (Wildman–Crippen LogP) is 5.29. The van der Waals surface area contributed by atoms with Crippen molar-refractivity contribution < 1.29 is 4.74 Å². The Labute approximate surface area is 203 Å². The van der Waals surface area contributed by atoms with E-state index in [9.17, 15) is 0 Å². The molecule has 1 saturated heterocycles. The zero-order valence-corrected chi connectivity index (χ0v) is 20.2. The molecule has 178 valence electrons. The van der Waals surface area contributed by atoms with Crippen molar-refractivity contribution in [3.05, 3.63) is 65.9 Å². The summed E-state index contributed by atoms with van der Waals surface area (Å²) in [5.41, 5.74) is 5.07. The van der Waals surface area contributed by atoms with Crippen LogP contribution in [0, 0.1) is 5.92 Å². The van der Waals surface area contributed by atoms with Gasteiger partial charge in [0.15, 0.2) is 5.75 Å². The van der Waals surface area contributed by atoms with E-state index in [0.29, 0.717) is 6.73 Å². The molecule has 0 N–H and O–H groups in total. The van der Waals surface area contributed by atoms with Gasteiger partial charge in [0.1, 0.15) is 12.2 Å². The first-order valence-electron chi connectivity index (χ1n) is 13.1. The number of pyridine rings is 1. The van der Waals surface area contributed by atoms with Crippen molar-refractivity contribution in [2.75, 3.05) is 44.4 Å². The zero-order chi connectivity index (χ0) is 22.7. The summed E-state index contributed by atoms with van der Waals surface area (Å²) >= 11 is 0. The molecule has 0 spiro atoms. The number of benzene rings is 2. The number of anilines is 1. The molecular weight excluding hydrogens is 420 g/mol. The van der Waals surface area contributed by atoms with Gasteiger partial charge in [-0.15, -0.1) is 0 Å². The smallest absolute Gasteiger partial charge is 0.152 e. The molecule has 5 nitrogen and oxygen atoms in total. The van der Waals surface area contributed by atoms with E-state index in [-0.39, 0.29) is 0 Å². The fourth-order valence-electron chi connectivity index (χ4n) is 6.10. The molecule has 5 heteroatoms. The lowest BCUT2D eigenvalue weighted by atomic mass is 9.89. The quantitative estimate of drug-likeness (QED) is 0.521. The molecule has 1 aromatic heterocycles.